The van der Waals surface area contributed by atoms with Crippen molar-refractivity contribution in [3.05, 3.63) is 30.0 Å². The number of benzene rings is 1. The van der Waals surface area contributed by atoms with Crippen molar-refractivity contribution in [1.82, 2.24) is 4.98 Å². The van der Waals surface area contributed by atoms with Gasteiger partial charge in [-0.2, -0.15) is 0 Å². The van der Waals surface area contributed by atoms with Gasteiger partial charge in [0.2, 0.25) is 0 Å². The lowest BCUT2D eigenvalue weighted by Gasteiger charge is -2.06. The van der Waals surface area contributed by atoms with Crippen LogP contribution in [0, 0.1) is 6.92 Å². The number of nitrogens with zero attached hydrogens (tertiary/aromatic N) is 1. The van der Waals surface area contributed by atoms with E-state index in [2.05, 4.69) is 18.0 Å². The number of thioether (sulfide) groups is 1. The third-order valence-corrected chi connectivity index (χ3v) is 3.01. The van der Waals surface area contributed by atoms with Crippen LogP contribution >= 0.6 is 11.8 Å². The molecule has 0 saturated carbocycles. The second-order valence-corrected chi connectivity index (χ2v) is 4.12. The molecule has 0 aliphatic carbocycles. The second kappa shape index (κ2) is 3.50. The summed E-state index contributed by atoms with van der Waals surface area (Å²) in [6.45, 7) is 2.08. The molecular weight excluding hydrogens is 192 g/mol. The topological polar surface area (TPSA) is 38.9 Å². The number of aryl methyl sites for hydroxylation is 1. The zero-order valence-corrected chi connectivity index (χ0v) is 9.06. The first-order chi connectivity index (χ1) is 6.72. The fourth-order valence-corrected chi connectivity index (χ4v) is 1.99. The van der Waals surface area contributed by atoms with Crippen LogP contribution in [0.15, 0.2) is 29.3 Å². The Morgan fingerprint density at radius 2 is 2.14 bits per heavy atom. The van der Waals surface area contributed by atoms with E-state index in [9.17, 15) is 0 Å². The Hall–Kier alpha value is -1.22. The van der Waals surface area contributed by atoms with E-state index < -0.39 is 0 Å². The summed E-state index contributed by atoms with van der Waals surface area (Å²) in [5.41, 5.74) is 8.81. The highest BCUT2D eigenvalue weighted by Crippen LogP contribution is 2.27. The van der Waals surface area contributed by atoms with Crippen LogP contribution in [0.4, 0.5) is 5.69 Å². The molecular formula is C11H12N2S. The lowest BCUT2D eigenvalue weighted by atomic mass is 10.1. The lowest BCUT2D eigenvalue weighted by Crippen LogP contribution is -1.91. The Morgan fingerprint density at radius 3 is 2.86 bits per heavy atom. The molecule has 0 bridgehead atoms. The van der Waals surface area contributed by atoms with Crippen molar-refractivity contribution in [2.24, 2.45) is 0 Å². The summed E-state index contributed by atoms with van der Waals surface area (Å²) >= 11 is 1.70. The third kappa shape index (κ3) is 1.44. The summed E-state index contributed by atoms with van der Waals surface area (Å²) in [5, 5.41) is 1.15. The standard InChI is InChI=1S/C11H12N2S/c1-7-3-4-13-11-9(7)5-8(14-2)6-10(11)12/h3-6H,12H2,1-2H3. The highest BCUT2D eigenvalue weighted by molar-refractivity contribution is 7.98. The van der Waals surface area contributed by atoms with Crippen molar-refractivity contribution in [2.45, 2.75) is 11.8 Å². The molecule has 0 atom stereocenters. The van der Waals surface area contributed by atoms with E-state index in [4.69, 9.17) is 5.73 Å². The van der Waals surface area contributed by atoms with Gasteiger partial charge in [-0.15, -0.1) is 11.8 Å². The number of hydrogen-bond acceptors (Lipinski definition) is 3. The summed E-state index contributed by atoms with van der Waals surface area (Å²) < 4.78 is 0. The minimum atomic E-state index is 0.760. The number of hydrogen-bond donors (Lipinski definition) is 1. The highest BCUT2D eigenvalue weighted by Gasteiger charge is 2.03. The fraction of sp³-hybridized carbons (Fsp3) is 0.182. The number of fused-ring (bicyclic) bond motifs is 1. The first-order valence-corrected chi connectivity index (χ1v) is 5.63. The molecule has 2 N–H and O–H groups in total. The zero-order chi connectivity index (χ0) is 10.1. The van der Waals surface area contributed by atoms with Crippen LogP contribution in [-0.4, -0.2) is 11.2 Å². The van der Waals surface area contributed by atoms with E-state index >= 15 is 0 Å². The largest absolute Gasteiger partial charge is 0.397 e. The minimum absolute atomic E-state index is 0.760. The van der Waals surface area contributed by atoms with Crippen LogP contribution < -0.4 is 5.73 Å². The Bertz CT molecular complexity index is 480. The molecule has 0 aliphatic rings. The molecule has 0 amide bonds. The van der Waals surface area contributed by atoms with Crippen LogP contribution in [0.25, 0.3) is 10.9 Å². The van der Waals surface area contributed by atoms with Gasteiger partial charge >= 0.3 is 0 Å². The monoisotopic (exact) mass is 204 g/mol. The van der Waals surface area contributed by atoms with E-state index in [0.29, 0.717) is 0 Å². The number of rotatable bonds is 1. The molecule has 2 aromatic rings. The van der Waals surface area contributed by atoms with E-state index in [0.717, 1.165) is 16.6 Å². The fourth-order valence-electron chi connectivity index (χ4n) is 1.51. The van der Waals surface area contributed by atoms with Gasteiger partial charge in [0, 0.05) is 16.5 Å². The molecule has 0 aliphatic heterocycles. The molecule has 0 saturated heterocycles. The van der Waals surface area contributed by atoms with Gasteiger partial charge in [0.15, 0.2) is 0 Å². The molecule has 2 nitrogen and oxygen atoms in total. The van der Waals surface area contributed by atoms with Crippen LogP contribution in [-0.2, 0) is 0 Å². The Labute approximate surface area is 87.5 Å². The maximum absolute atomic E-state index is 5.93. The number of nitrogens with two attached hydrogens (primary N) is 1. The minimum Gasteiger partial charge on any atom is -0.397 e. The zero-order valence-electron chi connectivity index (χ0n) is 8.24. The molecule has 1 aromatic heterocycles. The average molecular weight is 204 g/mol. The first kappa shape index (κ1) is 9.34. The molecule has 1 heterocycles. The van der Waals surface area contributed by atoms with Crippen LogP contribution in [0.2, 0.25) is 0 Å². The van der Waals surface area contributed by atoms with Crippen LogP contribution in [0.3, 0.4) is 0 Å². The quantitative estimate of drug-likeness (QED) is 0.573. The van der Waals surface area contributed by atoms with E-state index in [-0.39, 0.29) is 0 Å². The molecule has 72 valence electrons. The average Bonchev–Trinajstić information content (AvgIpc) is 2.19. The number of anilines is 1. The van der Waals surface area contributed by atoms with Gasteiger partial charge in [-0.05, 0) is 36.9 Å². The normalized spacial score (nSPS) is 10.7. The van der Waals surface area contributed by atoms with Crippen molar-refractivity contribution < 1.29 is 0 Å². The molecule has 0 radical (unpaired) electrons. The van der Waals surface area contributed by atoms with Crippen molar-refractivity contribution >= 4 is 28.4 Å². The molecule has 3 heteroatoms. The van der Waals surface area contributed by atoms with Crippen molar-refractivity contribution in [2.75, 3.05) is 12.0 Å². The van der Waals surface area contributed by atoms with Crippen molar-refractivity contribution in [3.8, 4) is 0 Å². The Balaban J connectivity index is 2.83. The van der Waals surface area contributed by atoms with Crippen molar-refractivity contribution in [3.63, 3.8) is 0 Å². The van der Waals surface area contributed by atoms with Gasteiger partial charge in [0.25, 0.3) is 0 Å². The van der Waals surface area contributed by atoms with Gasteiger partial charge < -0.3 is 5.73 Å². The molecule has 0 spiro atoms. The molecule has 0 fully saturated rings. The van der Waals surface area contributed by atoms with Gasteiger partial charge in [0.1, 0.15) is 0 Å². The molecule has 1 aromatic carbocycles. The molecule has 0 unspecified atom stereocenters. The predicted octanol–water partition coefficient (Wildman–Crippen LogP) is 2.85. The van der Waals surface area contributed by atoms with E-state index in [1.807, 2.05) is 18.4 Å². The summed E-state index contributed by atoms with van der Waals surface area (Å²) in [6.07, 6.45) is 3.85. The second-order valence-electron chi connectivity index (χ2n) is 3.24. The highest BCUT2D eigenvalue weighted by atomic mass is 32.2. The summed E-state index contributed by atoms with van der Waals surface area (Å²) in [5.74, 6) is 0. The van der Waals surface area contributed by atoms with E-state index in [1.165, 1.54) is 10.5 Å². The van der Waals surface area contributed by atoms with Gasteiger partial charge in [-0.1, -0.05) is 0 Å². The first-order valence-electron chi connectivity index (χ1n) is 4.41. The summed E-state index contributed by atoms with van der Waals surface area (Å²) in [4.78, 5) is 5.47. The third-order valence-electron chi connectivity index (χ3n) is 2.30. The van der Waals surface area contributed by atoms with Gasteiger partial charge in [0.05, 0.1) is 11.2 Å². The SMILES string of the molecule is CSc1cc(N)c2nccc(C)c2c1. The molecule has 2 rings (SSSR count). The maximum Gasteiger partial charge on any atom is 0.0934 e. The Morgan fingerprint density at radius 1 is 1.36 bits per heavy atom. The lowest BCUT2D eigenvalue weighted by molar-refractivity contribution is 1.35. The number of aromatic nitrogens is 1. The Kier molecular flexibility index (Phi) is 2.33. The van der Waals surface area contributed by atoms with Gasteiger partial charge in [-0.25, -0.2) is 0 Å². The van der Waals surface area contributed by atoms with Gasteiger partial charge in [-0.3, -0.25) is 4.98 Å². The van der Waals surface area contributed by atoms with Crippen molar-refractivity contribution in [1.29, 1.82) is 0 Å². The van der Waals surface area contributed by atoms with E-state index in [1.54, 1.807) is 18.0 Å². The summed E-state index contributed by atoms with van der Waals surface area (Å²) in [7, 11) is 0. The number of pyridine rings is 1. The van der Waals surface area contributed by atoms with Crippen LogP contribution in [0.1, 0.15) is 5.56 Å². The molecule has 14 heavy (non-hydrogen) atoms. The smallest absolute Gasteiger partial charge is 0.0934 e. The predicted molar refractivity (Wildman–Crippen MR) is 62.7 cm³/mol. The number of nitrogen functional groups attached to an aromatic ring is 1. The summed E-state index contributed by atoms with van der Waals surface area (Å²) in [6, 6.07) is 6.12. The maximum atomic E-state index is 5.93. The van der Waals surface area contributed by atoms with Crippen LogP contribution in [0.5, 0.6) is 0 Å².